The number of hydrogen-bond donors (Lipinski definition) is 1. The Hall–Kier alpha value is -1.96. The number of halogens is 1. The topological polar surface area (TPSA) is 75.5 Å². The number of nitrogens with one attached hydrogen (secondary N) is 1. The van der Waals surface area contributed by atoms with Gasteiger partial charge >= 0.3 is 0 Å². The van der Waals surface area contributed by atoms with Crippen LogP contribution >= 0.6 is 23.7 Å². The minimum absolute atomic E-state index is 0. The summed E-state index contributed by atoms with van der Waals surface area (Å²) in [5.74, 6) is -0.189. The van der Waals surface area contributed by atoms with Gasteiger partial charge in [0.2, 0.25) is 0 Å². The Labute approximate surface area is 194 Å². The van der Waals surface area contributed by atoms with Crippen molar-refractivity contribution >= 4 is 35.3 Å². The van der Waals surface area contributed by atoms with Crippen molar-refractivity contribution in [1.82, 2.24) is 10.2 Å². The molecular formula is C23H32ClN3O3S. The minimum Gasteiger partial charge on any atom is -0.351 e. The van der Waals surface area contributed by atoms with Crippen molar-refractivity contribution in [2.45, 2.75) is 64.5 Å². The van der Waals surface area contributed by atoms with Crippen LogP contribution in [0.1, 0.15) is 72.8 Å². The van der Waals surface area contributed by atoms with Crippen LogP contribution in [-0.2, 0) is 6.42 Å². The van der Waals surface area contributed by atoms with Gasteiger partial charge in [-0.15, -0.1) is 23.7 Å². The average molecular weight is 466 g/mol. The number of fused-ring (bicyclic) bond motifs is 1. The molecular weight excluding hydrogens is 434 g/mol. The van der Waals surface area contributed by atoms with E-state index in [1.54, 1.807) is 0 Å². The van der Waals surface area contributed by atoms with Crippen molar-refractivity contribution in [3.63, 3.8) is 0 Å². The zero-order valence-corrected chi connectivity index (χ0v) is 19.8. The summed E-state index contributed by atoms with van der Waals surface area (Å²) in [4.78, 5) is 26.8. The lowest BCUT2D eigenvalue weighted by Crippen LogP contribution is -2.45. The first kappa shape index (κ1) is 25.3. The molecule has 1 aromatic carbocycles. The van der Waals surface area contributed by atoms with E-state index in [1.165, 1.54) is 60.4 Å². The summed E-state index contributed by atoms with van der Waals surface area (Å²) in [6, 6.07) is 8.88. The predicted octanol–water partition coefficient (Wildman–Crippen LogP) is 5.77. The van der Waals surface area contributed by atoms with Crippen LogP contribution in [0.15, 0.2) is 35.7 Å². The molecule has 0 unspecified atom stereocenters. The Kier molecular flexibility index (Phi) is 9.93. The Morgan fingerprint density at radius 1 is 1.23 bits per heavy atom. The molecule has 0 saturated heterocycles. The largest absolute Gasteiger partial charge is 0.351 e. The molecule has 1 N–H and O–H groups in total. The van der Waals surface area contributed by atoms with Gasteiger partial charge in [-0.2, -0.15) is 0 Å². The van der Waals surface area contributed by atoms with Gasteiger partial charge in [0.25, 0.3) is 11.6 Å². The van der Waals surface area contributed by atoms with Gasteiger partial charge in [0.05, 0.1) is 4.92 Å². The second-order valence-electron chi connectivity index (χ2n) is 8.03. The SMILES string of the molecule is CCCCCC[C@H]1c2sccc2C[C@@H](C)N1CCNC(=O)c1ccc([N+](=O)[O-])cc1.Cl. The summed E-state index contributed by atoms with van der Waals surface area (Å²) >= 11 is 1.86. The lowest BCUT2D eigenvalue weighted by Gasteiger charge is -2.41. The molecule has 31 heavy (non-hydrogen) atoms. The van der Waals surface area contributed by atoms with Crippen molar-refractivity contribution in [2.24, 2.45) is 0 Å². The number of rotatable bonds is 10. The summed E-state index contributed by atoms with van der Waals surface area (Å²) in [7, 11) is 0. The number of carbonyl (C=O) groups excluding carboxylic acids is 1. The third kappa shape index (κ3) is 6.51. The summed E-state index contributed by atoms with van der Waals surface area (Å²) in [6.07, 6.45) is 7.24. The highest BCUT2D eigenvalue weighted by Crippen LogP contribution is 2.39. The zero-order valence-electron chi connectivity index (χ0n) is 18.2. The van der Waals surface area contributed by atoms with Crippen LogP contribution < -0.4 is 5.32 Å². The fourth-order valence-corrected chi connectivity index (χ4v) is 5.37. The van der Waals surface area contributed by atoms with Gasteiger partial charge in [-0.1, -0.05) is 32.6 Å². The van der Waals surface area contributed by atoms with Crippen molar-refractivity contribution in [2.75, 3.05) is 13.1 Å². The molecule has 2 heterocycles. The molecule has 1 aliphatic rings. The van der Waals surface area contributed by atoms with Crippen LogP contribution in [0.4, 0.5) is 5.69 Å². The lowest BCUT2D eigenvalue weighted by molar-refractivity contribution is -0.384. The van der Waals surface area contributed by atoms with Crippen LogP contribution in [-0.4, -0.2) is 34.9 Å². The molecule has 0 fully saturated rings. The number of non-ortho nitro benzene ring substituents is 1. The average Bonchev–Trinajstić information content (AvgIpc) is 3.20. The number of nitrogens with zero attached hydrogens (tertiary/aromatic N) is 2. The van der Waals surface area contributed by atoms with Crippen LogP contribution in [0, 0.1) is 10.1 Å². The predicted molar refractivity (Wildman–Crippen MR) is 128 cm³/mol. The van der Waals surface area contributed by atoms with E-state index >= 15 is 0 Å². The molecule has 0 bridgehead atoms. The molecule has 1 aromatic heterocycles. The summed E-state index contributed by atoms with van der Waals surface area (Å²) in [6.45, 7) is 5.87. The molecule has 0 spiro atoms. The fourth-order valence-electron chi connectivity index (χ4n) is 4.27. The lowest BCUT2D eigenvalue weighted by atomic mass is 9.92. The monoisotopic (exact) mass is 465 g/mol. The fraction of sp³-hybridized carbons (Fsp3) is 0.522. The Balaban J connectivity index is 0.00000341. The van der Waals surface area contributed by atoms with E-state index in [-0.39, 0.29) is 24.0 Å². The Morgan fingerprint density at radius 3 is 2.65 bits per heavy atom. The number of thiophene rings is 1. The second kappa shape index (κ2) is 12.2. The molecule has 6 nitrogen and oxygen atoms in total. The van der Waals surface area contributed by atoms with E-state index < -0.39 is 4.92 Å². The number of nitro groups is 1. The van der Waals surface area contributed by atoms with Gasteiger partial charge in [-0.25, -0.2) is 0 Å². The van der Waals surface area contributed by atoms with Crippen LogP contribution in [0.2, 0.25) is 0 Å². The highest BCUT2D eigenvalue weighted by molar-refractivity contribution is 7.10. The number of nitro benzene ring substituents is 1. The molecule has 8 heteroatoms. The summed E-state index contributed by atoms with van der Waals surface area (Å²) in [5, 5.41) is 16.0. The van der Waals surface area contributed by atoms with E-state index in [2.05, 4.69) is 35.5 Å². The number of benzene rings is 1. The standard InChI is InChI=1S/C23H31N3O3S.ClH/c1-3-4-5-6-7-21-22-19(12-15-30-22)16-17(2)25(21)14-13-24-23(27)18-8-10-20(11-9-18)26(28)29;/h8-12,15,17,21H,3-7,13-14,16H2,1-2H3,(H,24,27);1H/t17-,21+;/m1./s1. The molecule has 3 rings (SSSR count). The van der Waals surface area contributed by atoms with Gasteiger partial charge in [0.1, 0.15) is 0 Å². The van der Waals surface area contributed by atoms with Gasteiger partial charge in [0, 0.05) is 47.7 Å². The van der Waals surface area contributed by atoms with Crippen LogP contribution in [0.3, 0.4) is 0 Å². The maximum atomic E-state index is 12.4. The van der Waals surface area contributed by atoms with E-state index in [4.69, 9.17) is 0 Å². The van der Waals surface area contributed by atoms with Gasteiger partial charge in [-0.3, -0.25) is 19.8 Å². The molecule has 0 saturated carbocycles. The number of unbranched alkanes of at least 4 members (excludes halogenated alkanes) is 3. The number of carbonyl (C=O) groups is 1. The Morgan fingerprint density at radius 2 is 1.97 bits per heavy atom. The molecule has 0 aliphatic carbocycles. The van der Waals surface area contributed by atoms with E-state index in [0.29, 0.717) is 24.2 Å². The normalized spacial score (nSPS) is 18.1. The zero-order chi connectivity index (χ0) is 21.5. The van der Waals surface area contributed by atoms with Crippen molar-refractivity contribution in [3.05, 3.63) is 61.8 Å². The van der Waals surface area contributed by atoms with Gasteiger partial charge < -0.3 is 5.32 Å². The van der Waals surface area contributed by atoms with E-state index in [9.17, 15) is 14.9 Å². The number of amides is 1. The second-order valence-corrected chi connectivity index (χ2v) is 8.97. The summed E-state index contributed by atoms with van der Waals surface area (Å²) in [5.41, 5.74) is 1.93. The van der Waals surface area contributed by atoms with E-state index in [1.807, 2.05) is 11.3 Å². The van der Waals surface area contributed by atoms with E-state index in [0.717, 1.165) is 19.4 Å². The van der Waals surface area contributed by atoms with Crippen LogP contribution in [0.5, 0.6) is 0 Å². The first-order valence-corrected chi connectivity index (χ1v) is 11.7. The third-order valence-electron chi connectivity index (χ3n) is 5.89. The van der Waals surface area contributed by atoms with Crippen molar-refractivity contribution in [1.29, 1.82) is 0 Å². The first-order valence-electron chi connectivity index (χ1n) is 10.9. The van der Waals surface area contributed by atoms with Crippen LogP contribution in [0.25, 0.3) is 0 Å². The Bertz CT molecular complexity index is 856. The number of hydrogen-bond acceptors (Lipinski definition) is 5. The van der Waals surface area contributed by atoms with Gasteiger partial charge in [-0.05, 0) is 48.9 Å². The summed E-state index contributed by atoms with van der Waals surface area (Å²) < 4.78 is 0. The van der Waals surface area contributed by atoms with Crippen molar-refractivity contribution in [3.8, 4) is 0 Å². The highest BCUT2D eigenvalue weighted by Gasteiger charge is 2.32. The maximum Gasteiger partial charge on any atom is 0.269 e. The quantitative estimate of drug-likeness (QED) is 0.274. The molecule has 0 radical (unpaired) electrons. The van der Waals surface area contributed by atoms with Crippen molar-refractivity contribution < 1.29 is 9.72 Å². The molecule has 2 atom stereocenters. The molecule has 170 valence electrons. The molecule has 1 aliphatic heterocycles. The molecule has 1 amide bonds. The van der Waals surface area contributed by atoms with Gasteiger partial charge in [0.15, 0.2) is 0 Å². The highest BCUT2D eigenvalue weighted by atomic mass is 35.5. The first-order chi connectivity index (χ1) is 14.5. The minimum atomic E-state index is -0.459. The third-order valence-corrected chi connectivity index (χ3v) is 6.95. The smallest absolute Gasteiger partial charge is 0.269 e. The maximum absolute atomic E-state index is 12.4. The molecule has 2 aromatic rings.